The van der Waals surface area contributed by atoms with E-state index in [1.54, 1.807) is 0 Å². The molecule has 0 fully saturated rings. The Morgan fingerprint density at radius 3 is 2.05 bits per heavy atom. The average molecular weight is 356 g/mol. The fourth-order valence-electron chi connectivity index (χ4n) is 1.56. The minimum Gasteiger partial charge on any atom is -0.375 e. The zero-order valence-electron chi connectivity index (χ0n) is 10.5. The fourth-order valence-corrected chi connectivity index (χ4v) is 3.25. The molecule has 0 aliphatic carbocycles. The molecule has 0 aliphatic rings. The molecule has 4 aromatic rings. The summed E-state index contributed by atoms with van der Waals surface area (Å²) in [5, 5.41) is 12.1. The molecular formula is C10H6ClN7O2S2. The first-order valence-corrected chi connectivity index (χ1v) is 7.65. The number of aromatic amines is 2. The Morgan fingerprint density at radius 1 is 0.955 bits per heavy atom. The lowest BCUT2D eigenvalue weighted by Gasteiger charge is -1.80. The van der Waals surface area contributed by atoms with E-state index in [9.17, 15) is 9.59 Å². The lowest BCUT2D eigenvalue weighted by molar-refractivity contribution is 1.01. The second kappa shape index (κ2) is 5.79. The van der Waals surface area contributed by atoms with Gasteiger partial charge in [0.05, 0.1) is 21.8 Å². The van der Waals surface area contributed by atoms with Gasteiger partial charge in [0.2, 0.25) is 0 Å². The van der Waals surface area contributed by atoms with Gasteiger partial charge in [-0.05, 0) is 0 Å². The minimum atomic E-state index is -0.300. The van der Waals surface area contributed by atoms with Crippen LogP contribution in [0, 0.1) is 0 Å². The fraction of sp³-hybridized carbons (Fsp3) is 0. The Morgan fingerprint density at radius 2 is 1.50 bits per heavy atom. The Kier molecular flexibility index (Phi) is 3.83. The summed E-state index contributed by atoms with van der Waals surface area (Å²) in [6, 6.07) is 0. The first kappa shape index (κ1) is 14.6. The van der Waals surface area contributed by atoms with Crippen molar-refractivity contribution >= 4 is 59.8 Å². The molecule has 0 radical (unpaired) electrons. The number of rotatable bonds is 0. The van der Waals surface area contributed by atoms with Gasteiger partial charge in [-0.2, -0.15) is 10.2 Å². The van der Waals surface area contributed by atoms with E-state index in [1.165, 1.54) is 35.1 Å². The topological polar surface area (TPSA) is 143 Å². The summed E-state index contributed by atoms with van der Waals surface area (Å²) < 4.78 is 1.78. The summed E-state index contributed by atoms with van der Waals surface area (Å²) in [6.07, 6.45) is 3.06. The van der Waals surface area contributed by atoms with Gasteiger partial charge in [0, 0.05) is 0 Å². The maximum atomic E-state index is 11.0. The standard InChI is InChI=1S/C5H2ClN3OS.C5H4N4OS/c2*6-5-8-3-2(11-5)1-7-9-4(3)10/h1H,(H,9,10);1H,(H2,6,8)(H,9,10). The van der Waals surface area contributed by atoms with Gasteiger partial charge in [-0.25, -0.2) is 20.2 Å². The highest BCUT2D eigenvalue weighted by atomic mass is 35.5. The lowest BCUT2D eigenvalue weighted by Crippen LogP contribution is -2.06. The van der Waals surface area contributed by atoms with Gasteiger partial charge in [-0.15, -0.1) is 11.3 Å². The number of nitrogens with zero attached hydrogens (tertiary/aromatic N) is 4. The maximum Gasteiger partial charge on any atom is 0.291 e. The molecular weight excluding hydrogens is 350 g/mol. The summed E-state index contributed by atoms with van der Waals surface area (Å²) in [5.41, 5.74) is 5.51. The number of hydrogen-bond donors (Lipinski definition) is 3. The molecule has 22 heavy (non-hydrogen) atoms. The molecule has 4 N–H and O–H groups in total. The first-order chi connectivity index (χ1) is 10.5. The third-order valence-electron chi connectivity index (χ3n) is 2.42. The number of nitrogens with two attached hydrogens (primary N) is 1. The van der Waals surface area contributed by atoms with Crippen LogP contribution in [0.1, 0.15) is 0 Å². The van der Waals surface area contributed by atoms with Gasteiger partial charge in [0.15, 0.2) is 20.6 Å². The third kappa shape index (κ3) is 2.81. The third-order valence-corrected chi connectivity index (χ3v) is 4.34. The molecule has 112 valence electrons. The van der Waals surface area contributed by atoms with E-state index in [4.69, 9.17) is 17.3 Å². The van der Waals surface area contributed by atoms with Crippen LogP contribution in [0.3, 0.4) is 0 Å². The molecule has 0 saturated heterocycles. The molecule has 4 rings (SSSR count). The number of nitrogens with one attached hydrogen (secondary N) is 2. The van der Waals surface area contributed by atoms with E-state index in [0.29, 0.717) is 30.0 Å². The van der Waals surface area contributed by atoms with Crippen molar-refractivity contribution in [2.45, 2.75) is 0 Å². The molecule has 0 bridgehead atoms. The van der Waals surface area contributed by atoms with Crippen molar-refractivity contribution in [1.82, 2.24) is 30.4 Å². The van der Waals surface area contributed by atoms with Crippen molar-refractivity contribution in [1.29, 1.82) is 0 Å². The molecule has 0 unspecified atom stereocenters. The maximum absolute atomic E-state index is 11.0. The minimum absolute atomic E-state index is 0.296. The molecule has 0 spiro atoms. The van der Waals surface area contributed by atoms with Gasteiger partial charge < -0.3 is 5.73 Å². The molecule has 0 aromatic carbocycles. The van der Waals surface area contributed by atoms with Crippen molar-refractivity contribution in [3.05, 3.63) is 37.6 Å². The van der Waals surface area contributed by atoms with Crippen molar-refractivity contribution in [3.63, 3.8) is 0 Å². The van der Waals surface area contributed by atoms with Crippen molar-refractivity contribution in [3.8, 4) is 0 Å². The van der Waals surface area contributed by atoms with Gasteiger partial charge >= 0.3 is 0 Å². The molecule has 0 aliphatic heterocycles. The van der Waals surface area contributed by atoms with Gasteiger partial charge in [-0.3, -0.25) is 9.59 Å². The molecule has 9 nitrogen and oxygen atoms in total. The number of thiazole rings is 2. The Balaban J connectivity index is 0.000000131. The van der Waals surface area contributed by atoms with Crippen LogP contribution in [-0.2, 0) is 0 Å². The van der Waals surface area contributed by atoms with Gasteiger partial charge in [0.1, 0.15) is 0 Å². The molecule has 4 aromatic heterocycles. The Bertz CT molecular complexity index is 980. The number of hydrogen-bond acceptors (Lipinski definition) is 9. The van der Waals surface area contributed by atoms with Crippen LogP contribution in [0.4, 0.5) is 5.13 Å². The zero-order chi connectivity index (χ0) is 15.7. The number of halogens is 1. The Hall–Kier alpha value is -2.37. The largest absolute Gasteiger partial charge is 0.375 e. The van der Waals surface area contributed by atoms with Crippen molar-refractivity contribution < 1.29 is 0 Å². The number of aromatic nitrogens is 6. The molecule has 12 heteroatoms. The van der Waals surface area contributed by atoms with Crippen LogP contribution >= 0.6 is 34.3 Å². The zero-order valence-corrected chi connectivity index (χ0v) is 12.9. The number of anilines is 1. The van der Waals surface area contributed by atoms with E-state index >= 15 is 0 Å². The summed E-state index contributed by atoms with van der Waals surface area (Å²) >= 11 is 8.07. The monoisotopic (exact) mass is 355 g/mol. The van der Waals surface area contributed by atoms with Crippen LogP contribution < -0.4 is 16.9 Å². The Labute approximate surface area is 133 Å². The van der Waals surface area contributed by atoms with E-state index in [0.717, 1.165) is 0 Å². The van der Waals surface area contributed by atoms with E-state index < -0.39 is 0 Å². The van der Waals surface area contributed by atoms with Crippen molar-refractivity contribution in [2.75, 3.05) is 5.73 Å². The van der Waals surface area contributed by atoms with Crippen LogP contribution in [0.15, 0.2) is 22.0 Å². The van der Waals surface area contributed by atoms with Crippen LogP contribution in [0.2, 0.25) is 4.47 Å². The number of nitrogen functional groups attached to an aromatic ring is 1. The number of fused-ring (bicyclic) bond motifs is 2. The predicted molar refractivity (Wildman–Crippen MR) is 85.5 cm³/mol. The lowest BCUT2D eigenvalue weighted by atomic mass is 10.5. The second-order valence-electron chi connectivity index (χ2n) is 3.84. The molecule has 4 heterocycles. The smallest absolute Gasteiger partial charge is 0.291 e. The average Bonchev–Trinajstić information content (AvgIpc) is 3.03. The molecule has 0 amide bonds. The van der Waals surface area contributed by atoms with Gasteiger partial charge in [0.25, 0.3) is 11.1 Å². The summed E-state index contributed by atoms with van der Waals surface area (Å²) in [5.74, 6) is 0. The predicted octanol–water partition coefficient (Wildman–Crippen LogP) is 0.995. The molecule has 0 saturated carbocycles. The summed E-state index contributed by atoms with van der Waals surface area (Å²) in [7, 11) is 0. The van der Waals surface area contributed by atoms with Gasteiger partial charge in [-0.1, -0.05) is 22.9 Å². The van der Waals surface area contributed by atoms with Crippen molar-refractivity contribution in [2.24, 2.45) is 0 Å². The van der Waals surface area contributed by atoms with E-state index in [1.807, 2.05) is 0 Å². The summed E-state index contributed by atoms with van der Waals surface area (Å²) in [6.45, 7) is 0. The van der Waals surface area contributed by atoms with Crippen LogP contribution in [0.25, 0.3) is 20.4 Å². The number of H-pyrrole nitrogens is 2. The molecule has 0 atom stereocenters. The van der Waals surface area contributed by atoms with Crippen LogP contribution in [0.5, 0.6) is 0 Å². The van der Waals surface area contributed by atoms with E-state index in [-0.39, 0.29) is 11.1 Å². The van der Waals surface area contributed by atoms with E-state index in [2.05, 4.69) is 30.4 Å². The SMILES string of the molecule is Nc1nc2c(=O)[nH]ncc2s1.O=c1[nH]ncc2sc(Cl)nc12. The highest BCUT2D eigenvalue weighted by Gasteiger charge is 2.04. The quantitative estimate of drug-likeness (QED) is 0.426. The summed E-state index contributed by atoms with van der Waals surface area (Å²) in [4.78, 5) is 29.6. The highest BCUT2D eigenvalue weighted by Crippen LogP contribution is 2.21. The first-order valence-electron chi connectivity index (χ1n) is 5.64. The van der Waals surface area contributed by atoms with Crippen LogP contribution in [-0.4, -0.2) is 30.4 Å². The highest BCUT2D eigenvalue weighted by molar-refractivity contribution is 7.22. The second-order valence-corrected chi connectivity index (χ2v) is 6.52. The normalized spacial score (nSPS) is 10.6.